The van der Waals surface area contributed by atoms with Crippen molar-refractivity contribution in [1.29, 1.82) is 0 Å². The molecule has 0 radical (unpaired) electrons. The number of hydrogen-bond acceptors (Lipinski definition) is 4. The molecule has 1 N–H and O–H groups in total. The zero-order chi connectivity index (χ0) is 19.4. The Labute approximate surface area is 152 Å². The summed E-state index contributed by atoms with van der Waals surface area (Å²) >= 11 is 0. The molecule has 0 unspecified atom stereocenters. The second-order valence-electron chi connectivity index (χ2n) is 5.97. The largest absolute Gasteiger partial charge is 0.454 e. The fourth-order valence-corrected chi connectivity index (χ4v) is 2.53. The molecular weight excluding hydrogens is 363 g/mol. The third-order valence-corrected chi connectivity index (χ3v) is 3.87. The fraction of sp³-hybridized carbons (Fsp3) is 0.353. The van der Waals surface area contributed by atoms with Crippen molar-refractivity contribution in [1.82, 2.24) is 24.9 Å². The Bertz CT molecular complexity index is 896. The van der Waals surface area contributed by atoms with Crippen molar-refractivity contribution in [2.24, 2.45) is 0 Å². The van der Waals surface area contributed by atoms with Crippen molar-refractivity contribution in [2.45, 2.75) is 32.6 Å². The van der Waals surface area contributed by atoms with Crippen LogP contribution < -0.4 is 5.32 Å². The van der Waals surface area contributed by atoms with Crippen LogP contribution in [0.15, 0.2) is 41.1 Å². The molecule has 0 atom stereocenters. The minimum atomic E-state index is -4.46. The molecule has 0 bridgehead atoms. The smallest absolute Gasteiger partial charge is 0.435 e. The van der Waals surface area contributed by atoms with Gasteiger partial charge in [-0.15, -0.1) is 0 Å². The van der Waals surface area contributed by atoms with E-state index in [0.29, 0.717) is 24.4 Å². The summed E-state index contributed by atoms with van der Waals surface area (Å²) < 4.78 is 46.3. The van der Waals surface area contributed by atoms with Gasteiger partial charge < -0.3 is 9.73 Å². The zero-order valence-electron chi connectivity index (χ0n) is 14.5. The van der Waals surface area contributed by atoms with E-state index in [4.69, 9.17) is 4.42 Å². The maximum Gasteiger partial charge on any atom is 0.435 e. The van der Waals surface area contributed by atoms with Gasteiger partial charge in [0.05, 0.1) is 6.54 Å². The van der Waals surface area contributed by atoms with E-state index in [1.54, 1.807) is 42.2 Å². The molecule has 3 aromatic heterocycles. The summed E-state index contributed by atoms with van der Waals surface area (Å²) in [6, 6.07) is 6.06. The number of furan rings is 1. The molecule has 3 heterocycles. The minimum absolute atomic E-state index is 0.173. The third-order valence-electron chi connectivity index (χ3n) is 3.87. The van der Waals surface area contributed by atoms with Gasteiger partial charge in [-0.3, -0.25) is 14.2 Å². The predicted molar refractivity (Wildman–Crippen MR) is 89.0 cm³/mol. The van der Waals surface area contributed by atoms with Gasteiger partial charge in [0, 0.05) is 31.2 Å². The van der Waals surface area contributed by atoms with E-state index in [-0.39, 0.29) is 24.8 Å². The summed E-state index contributed by atoms with van der Waals surface area (Å²) in [7, 11) is 0. The van der Waals surface area contributed by atoms with Crippen LogP contribution in [0.5, 0.6) is 0 Å². The standard InChI is InChI=1S/C17H18F3N5O2/c1-12-10-15(17(18,19)20)23-25(12)9-2-6-21-16(26)14-5-4-13(27-14)11-24-8-3-7-22-24/h3-5,7-8,10H,2,6,9,11H2,1H3,(H,21,26). The van der Waals surface area contributed by atoms with Crippen LogP contribution >= 0.6 is 0 Å². The van der Waals surface area contributed by atoms with E-state index in [1.807, 2.05) is 0 Å². The van der Waals surface area contributed by atoms with Crippen LogP contribution in [0.3, 0.4) is 0 Å². The van der Waals surface area contributed by atoms with Crippen molar-refractivity contribution in [3.05, 3.63) is 59.6 Å². The van der Waals surface area contributed by atoms with Crippen molar-refractivity contribution >= 4 is 5.91 Å². The van der Waals surface area contributed by atoms with E-state index < -0.39 is 11.9 Å². The number of nitrogens with one attached hydrogen (secondary N) is 1. The lowest BCUT2D eigenvalue weighted by atomic mass is 10.3. The van der Waals surface area contributed by atoms with Crippen molar-refractivity contribution in [2.75, 3.05) is 6.54 Å². The number of hydrogen-bond donors (Lipinski definition) is 1. The second kappa shape index (κ2) is 7.68. The first-order valence-electron chi connectivity index (χ1n) is 8.29. The maximum absolute atomic E-state index is 12.6. The summed E-state index contributed by atoms with van der Waals surface area (Å²) in [4.78, 5) is 12.1. The van der Waals surface area contributed by atoms with Crippen molar-refractivity contribution in [3.63, 3.8) is 0 Å². The lowest BCUT2D eigenvalue weighted by molar-refractivity contribution is -0.141. The Hall–Kier alpha value is -3.04. The van der Waals surface area contributed by atoms with Gasteiger partial charge in [-0.05, 0) is 37.6 Å². The molecule has 0 spiro atoms. The SMILES string of the molecule is Cc1cc(C(F)(F)F)nn1CCCNC(=O)c1ccc(Cn2cccn2)o1. The lowest BCUT2D eigenvalue weighted by Gasteiger charge is -2.06. The van der Waals surface area contributed by atoms with Crippen LogP contribution in [0, 0.1) is 6.92 Å². The van der Waals surface area contributed by atoms with Gasteiger partial charge in [0.15, 0.2) is 11.5 Å². The van der Waals surface area contributed by atoms with Gasteiger partial charge in [-0.2, -0.15) is 23.4 Å². The fourth-order valence-electron chi connectivity index (χ4n) is 2.53. The van der Waals surface area contributed by atoms with Crippen LogP contribution in [-0.2, 0) is 19.3 Å². The number of amides is 1. The zero-order valence-corrected chi connectivity index (χ0v) is 14.5. The number of halogens is 3. The molecule has 10 heteroatoms. The molecule has 0 fully saturated rings. The third kappa shape index (κ3) is 4.78. The first kappa shape index (κ1) is 18.7. The van der Waals surface area contributed by atoms with E-state index in [0.717, 1.165) is 6.07 Å². The highest BCUT2D eigenvalue weighted by Crippen LogP contribution is 2.28. The monoisotopic (exact) mass is 381 g/mol. The molecule has 0 aliphatic rings. The van der Waals surface area contributed by atoms with Crippen LogP contribution in [0.2, 0.25) is 0 Å². The average Bonchev–Trinajstić information content (AvgIpc) is 3.33. The second-order valence-corrected chi connectivity index (χ2v) is 5.97. The van der Waals surface area contributed by atoms with Gasteiger partial charge in [0.1, 0.15) is 5.76 Å². The van der Waals surface area contributed by atoms with E-state index in [9.17, 15) is 18.0 Å². The highest BCUT2D eigenvalue weighted by Gasteiger charge is 2.34. The molecule has 0 aliphatic carbocycles. The molecule has 0 saturated carbocycles. The summed E-state index contributed by atoms with van der Waals surface area (Å²) in [6.07, 6.45) is -0.594. The predicted octanol–water partition coefficient (Wildman–Crippen LogP) is 2.87. The molecule has 1 amide bonds. The summed E-state index contributed by atoms with van der Waals surface area (Å²) in [5.74, 6) is 0.386. The Morgan fingerprint density at radius 3 is 2.81 bits per heavy atom. The van der Waals surface area contributed by atoms with Gasteiger partial charge >= 0.3 is 6.18 Å². The first-order valence-corrected chi connectivity index (χ1v) is 8.29. The van der Waals surface area contributed by atoms with Crippen molar-refractivity contribution < 1.29 is 22.4 Å². The first-order chi connectivity index (χ1) is 12.8. The highest BCUT2D eigenvalue weighted by atomic mass is 19.4. The molecule has 0 aliphatic heterocycles. The number of rotatable bonds is 7. The molecule has 0 aromatic carbocycles. The topological polar surface area (TPSA) is 77.9 Å². The van der Waals surface area contributed by atoms with Gasteiger partial charge in [-0.25, -0.2) is 0 Å². The van der Waals surface area contributed by atoms with Gasteiger partial charge in [-0.1, -0.05) is 0 Å². The molecule has 27 heavy (non-hydrogen) atoms. The van der Waals surface area contributed by atoms with Crippen LogP contribution in [0.4, 0.5) is 13.2 Å². The highest BCUT2D eigenvalue weighted by molar-refractivity contribution is 5.91. The lowest BCUT2D eigenvalue weighted by Crippen LogP contribution is -2.25. The van der Waals surface area contributed by atoms with E-state index >= 15 is 0 Å². The molecule has 3 aromatic rings. The number of carbonyl (C=O) groups excluding carboxylic acids is 1. The van der Waals surface area contributed by atoms with E-state index in [2.05, 4.69) is 15.5 Å². The Balaban J connectivity index is 1.46. The molecule has 0 saturated heterocycles. The summed E-state index contributed by atoms with van der Waals surface area (Å²) in [6.45, 7) is 2.53. The van der Waals surface area contributed by atoms with Gasteiger partial charge in [0.2, 0.25) is 0 Å². The van der Waals surface area contributed by atoms with Crippen LogP contribution in [-0.4, -0.2) is 32.0 Å². The van der Waals surface area contributed by atoms with Crippen LogP contribution in [0.1, 0.15) is 34.1 Å². The maximum atomic E-state index is 12.6. The molecule has 3 rings (SSSR count). The Morgan fingerprint density at radius 2 is 2.15 bits per heavy atom. The number of carbonyl (C=O) groups is 1. The number of aryl methyl sites for hydroxylation is 2. The Morgan fingerprint density at radius 1 is 1.33 bits per heavy atom. The van der Waals surface area contributed by atoms with Gasteiger partial charge in [0.25, 0.3) is 5.91 Å². The molecule has 144 valence electrons. The minimum Gasteiger partial charge on any atom is -0.454 e. The Kier molecular flexibility index (Phi) is 5.33. The van der Waals surface area contributed by atoms with E-state index in [1.165, 1.54) is 4.68 Å². The normalized spacial score (nSPS) is 11.7. The number of aromatic nitrogens is 4. The molecular formula is C17H18F3N5O2. The molecule has 7 nitrogen and oxygen atoms in total. The number of alkyl halides is 3. The quantitative estimate of drug-likeness (QED) is 0.639. The van der Waals surface area contributed by atoms with Crippen molar-refractivity contribution in [3.8, 4) is 0 Å². The average molecular weight is 381 g/mol. The number of nitrogens with zero attached hydrogens (tertiary/aromatic N) is 4. The van der Waals surface area contributed by atoms with Crippen LogP contribution in [0.25, 0.3) is 0 Å². The summed E-state index contributed by atoms with van der Waals surface area (Å²) in [5.41, 5.74) is -0.493. The summed E-state index contributed by atoms with van der Waals surface area (Å²) in [5, 5.41) is 10.3.